The van der Waals surface area contributed by atoms with Gasteiger partial charge in [-0.05, 0) is 36.8 Å². The quantitative estimate of drug-likeness (QED) is 0.660. The maximum absolute atomic E-state index is 11.9. The Morgan fingerprint density at radius 1 is 1.38 bits per heavy atom. The van der Waals surface area contributed by atoms with Crippen molar-refractivity contribution in [2.24, 2.45) is 0 Å². The molecule has 0 saturated carbocycles. The molecule has 122 valence electrons. The highest BCUT2D eigenvalue weighted by Crippen LogP contribution is 2.25. The lowest BCUT2D eigenvalue weighted by Gasteiger charge is -2.10. The molecule has 1 N–H and O–H groups in total. The van der Waals surface area contributed by atoms with Crippen LogP contribution in [0.15, 0.2) is 36.4 Å². The van der Waals surface area contributed by atoms with Crippen LogP contribution in [0.1, 0.15) is 11.1 Å². The lowest BCUT2D eigenvalue weighted by Crippen LogP contribution is -2.20. The number of nitriles is 1. The first-order valence-electron chi connectivity index (χ1n) is 6.78. The van der Waals surface area contributed by atoms with Crippen molar-refractivity contribution in [3.05, 3.63) is 62.7 Å². The normalized spacial score (nSPS) is 9.88. The van der Waals surface area contributed by atoms with Crippen molar-refractivity contribution >= 4 is 28.9 Å². The molecular weight excluding hydrogens is 334 g/mol. The summed E-state index contributed by atoms with van der Waals surface area (Å²) in [5.74, 6) is -0.154. The zero-order valence-corrected chi connectivity index (χ0v) is 13.3. The van der Waals surface area contributed by atoms with Crippen LogP contribution in [0.4, 0.5) is 11.4 Å². The number of carbonyl (C=O) groups is 1. The van der Waals surface area contributed by atoms with Gasteiger partial charge in [-0.2, -0.15) is 5.26 Å². The third-order valence-electron chi connectivity index (χ3n) is 3.11. The van der Waals surface area contributed by atoms with E-state index >= 15 is 0 Å². The summed E-state index contributed by atoms with van der Waals surface area (Å²) in [6.07, 6.45) is 0. The van der Waals surface area contributed by atoms with Crippen molar-refractivity contribution in [1.82, 2.24) is 0 Å². The number of nitrogens with one attached hydrogen (secondary N) is 1. The van der Waals surface area contributed by atoms with E-state index in [2.05, 4.69) is 5.32 Å². The van der Waals surface area contributed by atoms with Gasteiger partial charge in [0.25, 0.3) is 11.6 Å². The summed E-state index contributed by atoms with van der Waals surface area (Å²) >= 11 is 5.95. The standard InChI is InChI=1S/C16H12ClN3O4/c1-10-6-12(20(22)23)3-4-14(10)19-16(21)9-24-15-5-2-11(8-18)7-13(15)17/h2-7H,9H2,1H3,(H,19,21). The molecule has 1 amide bonds. The highest BCUT2D eigenvalue weighted by Gasteiger charge is 2.11. The number of amides is 1. The second-order valence-corrected chi connectivity index (χ2v) is 5.26. The number of nitrogens with zero attached hydrogens (tertiary/aromatic N) is 2. The number of hydrogen-bond acceptors (Lipinski definition) is 5. The molecule has 7 nitrogen and oxygen atoms in total. The molecule has 0 radical (unpaired) electrons. The number of ether oxygens (including phenoxy) is 1. The summed E-state index contributed by atoms with van der Waals surface area (Å²) in [7, 11) is 0. The minimum Gasteiger partial charge on any atom is -0.482 e. The molecule has 0 heterocycles. The van der Waals surface area contributed by atoms with Gasteiger partial charge in [0.15, 0.2) is 6.61 Å². The molecule has 2 rings (SSSR count). The molecule has 0 unspecified atom stereocenters. The molecule has 0 aliphatic carbocycles. The average molecular weight is 346 g/mol. The molecule has 0 fully saturated rings. The lowest BCUT2D eigenvalue weighted by molar-refractivity contribution is -0.384. The molecule has 0 aliphatic heterocycles. The van der Waals surface area contributed by atoms with E-state index in [4.69, 9.17) is 21.6 Å². The van der Waals surface area contributed by atoms with Crippen LogP contribution in [0.5, 0.6) is 5.75 Å². The SMILES string of the molecule is Cc1cc([N+](=O)[O-])ccc1NC(=O)COc1ccc(C#N)cc1Cl. The zero-order valence-electron chi connectivity index (χ0n) is 12.6. The monoisotopic (exact) mass is 345 g/mol. The van der Waals surface area contributed by atoms with E-state index < -0.39 is 10.8 Å². The van der Waals surface area contributed by atoms with Crippen LogP contribution in [-0.4, -0.2) is 17.4 Å². The summed E-state index contributed by atoms with van der Waals surface area (Å²) in [5, 5.41) is 22.3. The van der Waals surface area contributed by atoms with Gasteiger partial charge < -0.3 is 10.1 Å². The van der Waals surface area contributed by atoms with Crippen LogP contribution in [-0.2, 0) is 4.79 Å². The Kier molecular flexibility index (Phi) is 5.35. The molecule has 0 spiro atoms. The van der Waals surface area contributed by atoms with Gasteiger partial charge in [-0.15, -0.1) is 0 Å². The fourth-order valence-corrected chi connectivity index (χ4v) is 2.15. The maximum atomic E-state index is 11.9. The zero-order chi connectivity index (χ0) is 17.7. The van der Waals surface area contributed by atoms with E-state index in [9.17, 15) is 14.9 Å². The van der Waals surface area contributed by atoms with Gasteiger partial charge in [0.05, 0.1) is 21.6 Å². The Hall–Kier alpha value is -3.11. The van der Waals surface area contributed by atoms with E-state index in [1.807, 2.05) is 6.07 Å². The van der Waals surface area contributed by atoms with Crippen LogP contribution in [0, 0.1) is 28.4 Å². The van der Waals surface area contributed by atoms with E-state index in [1.165, 1.54) is 36.4 Å². The van der Waals surface area contributed by atoms with Crippen LogP contribution < -0.4 is 10.1 Å². The van der Waals surface area contributed by atoms with Gasteiger partial charge >= 0.3 is 0 Å². The predicted molar refractivity (Wildman–Crippen MR) is 88.1 cm³/mol. The lowest BCUT2D eigenvalue weighted by atomic mass is 10.2. The Bertz CT molecular complexity index is 846. The van der Waals surface area contributed by atoms with Gasteiger partial charge in [-0.25, -0.2) is 0 Å². The van der Waals surface area contributed by atoms with E-state index in [-0.39, 0.29) is 23.1 Å². The second-order valence-electron chi connectivity index (χ2n) is 4.85. The molecule has 24 heavy (non-hydrogen) atoms. The molecule has 0 atom stereocenters. The van der Waals surface area contributed by atoms with Crippen LogP contribution in [0.25, 0.3) is 0 Å². The Labute approximate surface area is 142 Å². The molecule has 8 heteroatoms. The predicted octanol–water partition coefficient (Wildman–Crippen LogP) is 3.45. The van der Waals surface area contributed by atoms with Crippen molar-refractivity contribution in [1.29, 1.82) is 5.26 Å². The topological polar surface area (TPSA) is 105 Å². The molecule has 0 aliphatic rings. The van der Waals surface area contributed by atoms with E-state index in [0.29, 0.717) is 16.8 Å². The number of rotatable bonds is 5. The molecule has 0 saturated heterocycles. The fraction of sp³-hybridized carbons (Fsp3) is 0.125. The van der Waals surface area contributed by atoms with Gasteiger partial charge in [-0.3, -0.25) is 14.9 Å². The number of benzene rings is 2. The Balaban J connectivity index is 1.99. The van der Waals surface area contributed by atoms with Crippen molar-refractivity contribution in [3.8, 4) is 11.8 Å². The van der Waals surface area contributed by atoms with Crippen molar-refractivity contribution in [2.75, 3.05) is 11.9 Å². The third-order valence-corrected chi connectivity index (χ3v) is 3.41. The Morgan fingerprint density at radius 2 is 2.12 bits per heavy atom. The number of aryl methyl sites for hydroxylation is 1. The fourth-order valence-electron chi connectivity index (χ4n) is 1.92. The first-order valence-corrected chi connectivity index (χ1v) is 7.16. The molecule has 0 bridgehead atoms. The van der Waals surface area contributed by atoms with E-state index in [0.717, 1.165) is 0 Å². The Morgan fingerprint density at radius 3 is 2.71 bits per heavy atom. The van der Waals surface area contributed by atoms with Gasteiger partial charge in [-0.1, -0.05) is 11.6 Å². The van der Waals surface area contributed by atoms with Gasteiger partial charge in [0, 0.05) is 17.8 Å². The molecular formula is C16H12ClN3O4. The number of halogens is 1. The summed E-state index contributed by atoms with van der Waals surface area (Å²) in [5.41, 5.74) is 1.36. The number of non-ortho nitro benzene ring substituents is 1. The van der Waals surface area contributed by atoms with Crippen LogP contribution in [0.3, 0.4) is 0 Å². The number of anilines is 1. The largest absolute Gasteiger partial charge is 0.482 e. The van der Waals surface area contributed by atoms with Crippen LogP contribution >= 0.6 is 11.6 Å². The van der Waals surface area contributed by atoms with Gasteiger partial charge in [0.1, 0.15) is 5.75 Å². The number of nitro benzene ring substituents is 1. The summed E-state index contributed by atoms with van der Waals surface area (Å²) in [4.78, 5) is 22.1. The van der Waals surface area contributed by atoms with Gasteiger partial charge in [0.2, 0.25) is 0 Å². The summed E-state index contributed by atoms with van der Waals surface area (Å²) in [6, 6.07) is 10.6. The average Bonchev–Trinajstić information content (AvgIpc) is 2.55. The minimum atomic E-state index is -0.505. The second kappa shape index (κ2) is 7.44. The molecule has 2 aromatic rings. The maximum Gasteiger partial charge on any atom is 0.269 e. The van der Waals surface area contributed by atoms with Crippen molar-refractivity contribution in [2.45, 2.75) is 6.92 Å². The van der Waals surface area contributed by atoms with Crippen molar-refractivity contribution < 1.29 is 14.5 Å². The highest BCUT2D eigenvalue weighted by molar-refractivity contribution is 6.32. The van der Waals surface area contributed by atoms with Crippen LogP contribution in [0.2, 0.25) is 5.02 Å². The number of carbonyl (C=O) groups excluding carboxylic acids is 1. The summed E-state index contributed by atoms with van der Waals surface area (Å²) < 4.78 is 5.31. The molecule has 2 aromatic carbocycles. The first kappa shape index (κ1) is 17.2. The summed E-state index contributed by atoms with van der Waals surface area (Å²) in [6.45, 7) is 1.36. The first-order chi connectivity index (χ1) is 11.4. The number of nitro groups is 1. The number of hydrogen-bond donors (Lipinski definition) is 1. The molecule has 0 aromatic heterocycles. The highest BCUT2D eigenvalue weighted by atomic mass is 35.5. The van der Waals surface area contributed by atoms with Crippen molar-refractivity contribution in [3.63, 3.8) is 0 Å². The third kappa shape index (κ3) is 4.21. The smallest absolute Gasteiger partial charge is 0.269 e. The van der Waals surface area contributed by atoms with E-state index in [1.54, 1.807) is 6.92 Å². The minimum absolute atomic E-state index is 0.0499.